The fourth-order valence-electron chi connectivity index (χ4n) is 6.48. The Morgan fingerprint density at radius 3 is 2.24 bits per heavy atom. The molecule has 2 aromatic carbocycles. The number of rotatable bonds is 12. The van der Waals surface area contributed by atoms with Crippen LogP contribution in [0.1, 0.15) is 75.3 Å². The molecule has 4 rings (SSSR count). The Balaban J connectivity index is 1.22. The van der Waals surface area contributed by atoms with Crippen LogP contribution < -0.4 is 0 Å². The van der Waals surface area contributed by atoms with Gasteiger partial charge in [-0.2, -0.15) is 8.78 Å². The number of hydrogen-bond acceptors (Lipinski definition) is 4. The predicted molar refractivity (Wildman–Crippen MR) is 159 cm³/mol. The van der Waals surface area contributed by atoms with E-state index in [9.17, 15) is 18.7 Å². The van der Waals surface area contributed by atoms with Crippen molar-refractivity contribution in [1.82, 2.24) is 0 Å². The predicted octanol–water partition coefficient (Wildman–Crippen LogP) is 8.25. The molecule has 0 radical (unpaired) electrons. The quantitative estimate of drug-likeness (QED) is 0.208. The zero-order chi connectivity index (χ0) is 29.2. The van der Waals surface area contributed by atoms with Crippen LogP contribution in [-0.4, -0.2) is 37.0 Å². The van der Waals surface area contributed by atoms with Crippen molar-refractivity contribution < 1.29 is 28.2 Å². The lowest BCUT2D eigenvalue weighted by Gasteiger charge is -2.39. The highest BCUT2D eigenvalue weighted by Gasteiger charge is 2.34. The lowest BCUT2D eigenvalue weighted by atomic mass is 9.72. The molecule has 2 aliphatic rings. The minimum Gasteiger partial charge on any atom is -0.462 e. The number of aliphatic hydroxyl groups is 1. The Morgan fingerprint density at radius 1 is 1.02 bits per heavy atom. The van der Waals surface area contributed by atoms with E-state index in [4.69, 9.17) is 9.47 Å². The molecule has 1 N–H and O–H groups in total. The standard InChI is InChI=1S/C35H44F2O4/c1-24(2)35(39)41-23-32(20-21-38)29-14-16-30(17-15-29)33-19-18-31(22-40-33)28-12-10-27(11-13-28)26-8-6-25(7-9-26)4-3-5-34(36)37/h5-13,29-33,38H,1,3-4,14-23H2,2H3. The molecule has 3 unspecified atom stereocenters. The van der Waals surface area contributed by atoms with E-state index < -0.39 is 6.08 Å². The maximum Gasteiger partial charge on any atom is 0.333 e. The van der Waals surface area contributed by atoms with E-state index >= 15 is 0 Å². The van der Waals surface area contributed by atoms with Gasteiger partial charge in [-0.1, -0.05) is 55.1 Å². The van der Waals surface area contributed by atoms with E-state index in [2.05, 4.69) is 43.0 Å². The van der Waals surface area contributed by atoms with Crippen molar-refractivity contribution in [3.8, 4) is 11.1 Å². The highest BCUT2D eigenvalue weighted by molar-refractivity contribution is 5.86. The number of aryl methyl sites for hydroxylation is 1. The van der Waals surface area contributed by atoms with Gasteiger partial charge >= 0.3 is 5.97 Å². The Kier molecular flexibility index (Phi) is 11.7. The third kappa shape index (κ3) is 9.08. The van der Waals surface area contributed by atoms with Crippen molar-refractivity contribution in [2.24, 2.45) is 17.8 Å². The van der Waals surface area contributed by atoms with E-state index in [1.165, 1.54) is 5.56 Å². The summed E-state index contributed by atoms with van der Waals surface area (Å²) in [5.41, 5.74) is 5.05. The Hall–Kier alpha value is -2.83. The molecule has 0 aromatic heterocycles. The van der Waals surface area contributed by atoms with E-state index in [1.807, 2.05) is 12.1 Å². The Morgan fingerprint density at radius 2 is 1.68 bits per heavy atom. The first-order chi connectivity index (χ1) is 19.8. The van der Waals surface area contributed by atoms with Crippen LogP contribution in [0.5, 0.6) is 0 Å². The zero-order valence-corrected chi connectivity index (χ0v) is 24.2. The number of carbonyl (C=O) groups is 1. The molecule has 0 amide bonds. The van der Waals surface area contributed by atoms with Gasteiger partial charge in [-0.3, -0.25) is 0 Å². The van der Waals surface area contributed by atoms with E-state index in [0.717, 1.165) is 67.9 Å². The van der Waals surface area contributed by atoms with Crippen molar-refractivity contribution in [1.29, 1.82) is 0 Å². The number of esters is 1. The lowest BCUT2D eigenvalue weighted by Crippen LogP contribution is -2.35. The summed E-state index contributed by atoms with van der Waals surface area (Å²) in [4.78, 5) is 11.8. The molecule has 1 aliphatic heterocycles. The third-order valence-electron chi connectivity index (χ3n) is 9.00. The molecule has 1 saturated heterocycles. The van der Waals surface area contributed by atoms with Gasteiger partial charge in [-0.15, -0.1) is 0 Å². The van der Waals surface area contributed by atoms with Crippen LogP contribution in [0.4, 0.5) is 8.78 Å². The van der Waals surface area contributed by atoms with Gasteiger partial charge in [0.25, 0.3) is 6.08 Å². The van der Waals surface area contributed by atoms with Gasteiger partial charge in [-0.25, -0.2) is 4.79 Å². The van der Waals surface area contributed by atoms with E-state index in [-0.39, 0.29) is 18.5 Å². The summed E-state index contributed by atoms with van der Waals surface area (Å²) in [7, 11) is 0. The third-order valence-corrected chi connectivity index (χ3v) is 9.00. The average molecular weight is 567 g/mol. The maximum absolute atomic E-state index is 12.2. The van der Waals surface area contributed by atoms with E-state index in [1.54, 1.807) is 6.92 Å². The first-order valence-electron chi connectivity index (χ1n) is 15.1. The van der Waals surface area contributed by atoms with Crippen LogP contribution >= 0.6 is 0 Å². The van der Waals surface area contributed by atoms with Gasteiger partial charge in [-0.05, 0) is 111 Å². The monoisotopic (exact) mass is 566 g/mol. The summed E-state index contributed by atoms with van der Waals surface area (Å²) in [5.74, 6) is 1.27. The molecule has 1 heterocycles. The minimum atomic E-state index is -1.62. The number of carbonyl (C=O) groups excluding carboxylic acids is 1. The SMILES string of the molecule is C=C(C)C(=O)OCC(CCO)C1CCC(C2CCC(c3ccc(-c4ccc(CCC=C(F)F)cc4)cc3)CO2)CC1. The van der Waals surface area contributed by atoms with Gasteiger partial charge in [0, 0.05) is 18.1 Å². The topological polar surface area (TPSA) is 55.8 Å². The summed E-state index contributed by atoms with van der Waals surface area (Å²) in [5, 5.41) is 9.54. The smallest absolute Gasteiger partial charge is 0.333 e. The first-order valence-corrected chi connectivity index (χ1v) is 15.1. The number of halogens is 2. The number of benzene rings is 2. The van der Waals surface area contributed by atoms with Crippen molar-refractivity contribution in [2.75, 3.05) is 19.8 Å². The molecule has 4 nitrogen and oxygen atoms in total. The highest BCUT2D eigenvalue weighted by atomic mass is 19.3. The number of aliphatic hydroxyl groups excluding tert-OH is 1. The molecule has 6 heteroatoms. The number of hydrogen-bond donors (Lipinski definition) is 1. The van der Waals surface area contributed by atoms with Gasteiger partial charge < -0.3 is 14.6 Å². The minimum absolute atomic E-state index is 0.111. The fourth-order valence-corrected chi connectivity index (χ4v) is 6.48. The molecule has 2 fully saturated rings. The summed E-state index contributed by atoms with van der Waals surface area (Å²) < 4.78 is 36.4. The molecule has 2 aromatic rings. The van der Waals surface area contributed by atoms with Crippen molar-refractivity contribution in [2.45, 2.75) is 76.7 Å². The summed E-state index contributed by atoms with van der Waals surface area (Å²) in [6.45, 7) is 6.52. The molecule has 222 valence electrons. The van der Waals surface area contributed by atoms with Crippen LogP contribution in [-0.2, 0) is 20.7 Å². The van der Waals surface area contributed by atoms with Crippen LogP contribution in [0.3, 0.4) is 0 Å². The maximum atomic E-state index is 12.2. The van der Waals surface area contributed by atoms with Gasteiger partial charge in [0.1, 0.15) is 0 Å². The second kappa shape index (κ2) is 15.4. The molecule has 1 saturated carbocycles. The average Bonchev–Trinajstić information content (AvgIpc) is 2.99. The summed E-state index contributed by atoms with van der Waals surface area (Å²) >= 11 is 0. The zero-order valence-electron chi connectivity index (χ0n) is 24.2. The molecule has 1 aliphatic carbocycles. The molecule has 0 bridgehead atoms. The molecule has 3 atom stereocenters. The van der Waals surface area contributed by atoms with Gasteiger partial charge in [0.05, 0.1) is 19.3 Å². The number of ether oxygens (including phenoxy) is 2. The van der Waals surface area contributed by atoms with Gasteiger partial charge in [0.2, 0.25) is 0 Å². The van der Waals surface area contributed by atoms with Crippen LogP contribution in [0.25, 0.3) is 11.1 Å². The lowest BCUT2D eigenvalue weighted by molar-refractivity contribution is -0.141. The second-order valence-electron chi connectivity index (χ2n) is 11.8. The second-order valence-corrected chi connectivity index (χ2v) is 11.8. The van der Waals surface area contributed by atoms with E-state index in [0.29, 0.717) is 55.3 Å². The largest absolute Gasteiger partial charge is 0.462 e. The fraction of sp³-hybridized carbons (Fsp3) is 0.514. The normalized spacial score (nSPS) is 23.4. The number of allylic oxidation sites excluding steroid dienone is 1. The molecule has 41 heavy (non-hydrogen) atoms. The first kappa shape index (κ1) is 31.1. The van der Waals surface area contributed by atoms with Crippen LogP contribution in [0.2, 0.25) is 0 Å². The Bertz CT molecular complexity index is 1140. The van der Waals surface area contributed by atoms with Crippen molar-refractivity contribution in [3.63, 3.8) is 0 Å². The molecular weight excluding hydrogens is 522 g/mol. The summed E-state index contributed by atoms with van der Waals surface area (Å²) in [6.07, 6.45) is 7.87. The highest BCUT2D eigenvalue weighted by Crippen LogP contribution is 2.41. The molecule has 0 spiro atoms. The van der Waals surface area contributed by atoms with Gasteiger partial charge in [0.15, 0.2) is 0 Å². The van der Waals surface area contributed by atoms with Crippen LogP contribution in [0.15, 0.2) is 72.8 Å². The van der Waals surface area contributed by atoms with Crippen molar-refractivity contribution >= 4 is 5.97 Å². The molecular formula is C35H44F2O4. The summed E-state index contributed by atoms with van der Waals surface area (Å²) in [6, 6.07) is 16.9. The van der Waals surface area contributed by atoms with Crippen molar-refractivity contribution in [3.05, 3.63) is 84.0 Å². The Labute approximate surface area is 243 Å². The van der Waals surface area contributed by atoms with Crippen LogP contribution in [0, 0.1) is 17.8 Å².